The van der Waals surface area contributed by atoms with E-state index < -0.39 is 10.0 Å². The summed E-state index contributed by atoms with van der Waals surface area (Å²) in [6.07, 6.45) is 1.77. The van der Waals surface area contributed by atoms with Crippen LogP contribution < -0.4 is 10.0 Å². The van der Waals surface area contributed by atoms with Gasteiger partial charge in [0.1, 0.15) is 5.82 Å². The third kappa shape index (κ3) is 7.37. The minimum Gasteiger partial charge on any atom is -0.356 e. The number of nitrogens with zero attached hydrogens (tertiary/aromatic N) is 2. The number of halogens is 1. The molecule has 0 radical (unpaired) electrons. The SMILES string of the molecule is CN=C(NCCCNS(C)(=O)=O)N(C)Cc1cccc(F)c1. The van der Waals surface area contributed by atoms with Crippen molar-refractivity contribution in [3.8, 4) is 0 Å². The van der Waals surface area contributed by atoms with E-state index in [0.717, 1.165) is 11.8 Å². The summed E-state index contributed by atoms with van der Waals surface area (Å²) in [5, 5.41) is 3.14. The van der Waals surface area contributed by atoms with Gasteiger partial charge in [0.05, 0.1) is 6.26 Å². The maximum atomic E-state index is 13.2. The van der Waals surface area contributed by atoms with Crippen molar-refractivity contribution in [3.05, 3.63) is 35.6 Å². The first-order valence-corrected chi connectivity index (χ1v) is 8.82. The van der Waals surface area contributed by atoms with E-state index in [0.29, 0.717) is 32.0 Å². The quantitative estimate of drug-likeness (QED) is 0.440. The Labute approximate surface area is 131 Å². The molecule has 0 aliphatic rings. The Balaban J connectivity index is 2.40. The second-order valence-electron chi connectivity index (χ2n) is 4.98. The maximum Gasteiger partial charge on any atom is 0.208 e. The molecule has 6 nitrogen and oxygen atoms in total. The Morgan fingerprint density at radius 2 is 2.09 bits per heavy atom. The summed E-state index contributed by atoms with van der Waals surface area (Å²) in [4.78, 5) is 6.03. The fourth-order valence-electron chi connectivity index (χ4n) is 1.91. The van der Waals surface area contributed by atoms with Crippen molar-refractivity contribution in [2.75, 3.05) is 33.4 Å². The number of guanidine groups is 1. The second-order valence-corrected chi connectivity index (χ2v) is 6.81. The molecule has 0 spiro atoms. The predicted molar refractivity (Wildman–Crippen MR) is 86.7 cm³/mol. The Kier molecular flexibility index (Phi) is 7.26. The van der Waals surface area contributed by atoms with Gasteiger partial charge in [0.15, 0.2) is 5.96 Å². The van der Waals surface area contributed by atoms with Gasteiger partial charge in [0.25, 0.3) is 0 Å². The highest BCUT2D eigenvalue weighted by molar-refractivity contribution is 7.88. The van der Waals surface area contributed by atoms with Gasteiger partial charge in [-0.2, -0.15) is 0 Å². The summed E-state index contributed by atoms with van der Waals surface area (Å²) in [5.74, 6) is 0.407. The zero-order valence-corrected chi connectivity index (χ0v) is 14.0. The molecule has 124 valence electrons. The van der Waals surface area contributed by atoms with Crippen molar-refractivity contribution >= 4 is 16.0 Å². The summed E-state index contributed by atoms with van der Waals surface area (Å²) in [7, 11) is 0.377. The second kappa shape index (κ2) is 8.70. The molecule has 0 amide bonds. The summed E-state index contributed by atoms with van der Waals surface area (Å²) >= 11 is 0. The van der Waals surface area contributed by atoms with Crippen molar-refractivity contribution in [3.63, 3.8) is 0 Å². The van der Waals surface area contributed by atoms with Crippen LogP contribution in [0.1, 0.15) is 12.0 Å². The molecule has 0 fully saturated rings. The smallest absolute Gasteiger partial charge is 0.208 e. The molecule has 2 N–H and O–H groups in total. The van der Waals surface area contributed by atoms with E-state index in [2.05, 4.69) is 15.0 Å². The van der Waals surface area contributed by atoms with Crippen molar-refractivity contribution in [2.45, 2.75) is 13.0 Å². The summed E-state index contributed by atoms with van der Waals surface area (Å²) in [6.45, 7) is 1.48. The highest BCUT2D eigenvalue weighted by atomic mass is 32.2. The zero-order chi connectivity index (χ0) is 16.6. The average Bonchev–Trinajstić information content (AvgIpc) is 2.41. The molecule has 0 aromatic heterocycles. The molecule has 0 aliphatic heterocycles. The fourth-order valence-corrected chi connectivity index (χ4v) is 2.43. The van der Waals surface area contributed by atoms with Gasteiger partial charge >= 0.3 is 0 Å². The lowest BCUT2D eigenvalue weighted by molar-refractivity contribution is 0.473. The summed E-state index contributed by atoms with van der Waals surface area (Å²) in [6, 6.07) is 6.42. The minimum atomic E-state index is -3.15. The van der Waals surface area contributed by atoms with Crippen LogP contribution in [0.3, 0.4) is 0 Å². The van der Waals surface area contributed by atoms with Crippen LogP contribution in [0.5, 0.6) is 0 Å². The number of hydrogen-bond donors (Lipinski definition) is 2. The largest absolute Gasteiger partial charge is 0.356 e. The molecule has 1 rings (SSSR count). The van der Waals surface area contributed by atoms with Crippen LogP contribution in [0.2, 0.25) is 0 Å². The molecular weight excluding hydrogens is 307 g/mol. The van der Waals surface area contributed by atoms with Crippen LogP contribution in [0.15, 0.2) is 29.3 Å². The van der Waals surface area contributed by atoms with Crippen molar-refractivity contribution in [2.24, 2.45) is 4.99 Å². The lowest BCUT2D eigenvalue weighted by Gasteiger charge is -2.22. The lowest BCUT2D eigenvalue weighted by atomic mass is 10.2. The molecule has 0 aliphatic carbocycles. The Morgan fingerprint density at radius 1 is 1.36 bits per heavy atom. The monoisotopic (exact) mass is 330 g/mol. The molecule has 0 bridgehead atoms. The Bertz CT molecular complexity index is 605. The number of nitrogens with one attached hydrogen (secondary N) is 2. The van der Waals surface area contributed by atoms with Crippen LogP contribution in [-0.4, -0.2) is 52.7 Å². The highest BCUT2D eigenvalue weighted by Crippen LogP contribution is 2.06. The first-order valence-electron chi connectivity index (χ1n) is 6.92. The molecule has 0 heterocycles. The summed E-state index contributed by atoms with van der Waals surface area (Å²) < 4.78 is 37.4. The third-order valence-corrected chi connectivity index (χ3v) is 3.61. The van der Waals surface area contributed by atoms with Gasteiger partial charge in [-0.05, 0) is 24.1 Å². The lowest BCUT2D eigenvalue weighted by Crippen LogP contribution is -2.39. The van der Waals surface area contributed by atoms with Crippen LogP contribution >= 0.6 is 0 Å². The van der Waals surface area contributed by atoms with Crippen LogP contribution in [0, 0.1) is 5.82 Å². The standard InChI is InChI=1S/C14H23FN4O2S/c1-16-14(17-8-5-9-18-22(3,20)21)19(2)11-12-6-4-7-13(15)10-12/h4,6-7,10,18H,5,8-9,11H2,1-3H3,(H,16,17). The maximum absolute atomic E-state index is 13.2. The van der Waals surface area contributed by atoms with Gasteiger partial charge < -0.3 is 10.2 Å². The van der Waals surface area contributed by atoms with Crippen LogP contribution in [0.25, 0.3) is 0 Å². The summed E-state index contributed by atoms with van der Waals surface area (Å²) in [5.41, 5.74) is 0.851. The van der Waals surface area contributed by atoms with E-state index in [-0.39, 0.29) is 5.82 Å². The Hall–Kier alpha value is -1.67. The number of hydrogen-bond acceptors (Lipinski definition) is 3. The number of rotatable bonds is 7. The van der Waals surface area contributed by atoms with Gasteiger partial charge in [-0.3, -0.25) is 4.99 Å². The van der Waals surface area contributed by atoms with E-state index >= 15 is 0 Å². The average molecular weight is 330 g/mol. The van der Waals surface area contributed by atoms with Gasteiger partial charge in [-0.1, -0.05) is 12.1 Å². The number of sulfonamides is 1. The predicted octanol–water partition coefficient (Wildman–Crippen LogP) is 0.772. The van der Waals surface area contributed by atoms with Crippen LogP contribution in [-0.2, 0) is 16.6 Å². The molecule has 22 heavy (non-hydrogen) atoms. The van der Waals surface area contributed by atoms with Crippen molar-refractivity contribution in [1.82, 2.24) is 14.9 Å². The van der Waals surface area contributed by atoms with Crippen molar-refractivity contribution in [1.29, 1.82) is 0 Å². The number of benzene rings is 1. The van der Waals surface area contributed by atoms with Gasteiger partial charge in [0.2, 0.25) is 10.0 Å². The molecular formula is C14H23FN4O2S. The fraction of sp³-hybridized carbons (Fsp3) is 0.500. The zero-order valence-electron chi connectivity index (χ0n) is 13.1. The minimum absolute atomic E-state index is 0.263. The van der Waals surface area contributed by atoms with E-state index in [9.17, 15) is 12.8 Å². The van der Waals surface area contributed by atoms with E-state index in [1.165, 1.54) is 12.1 Å². The highest BCUT2D eigenvalue weighted by Gasteiger charge is 2.07. The first-order chi connectivity index (χ1) is 10.3. The molecule has 1 aromatic carbocycles. The van der Waals surface area contributed by atoms with Gasteiger partial charge in [-0.15, -0.1) is 0 Å². The van der Waals surface area contributed by atoms with Gasteiger partial charge in [0, 0.05) is 33.7 Å². The van der Waals surface area contributed by atoms with E-state index in [4.69, 9.17) is 0 Å². The first kappa shape index (κ1) is 18.4. The molecule has 0 saturated carbocycles. The molecule has 0 saturated heterocycles. The number of aliphatic imine (C=N–C) groups is 1. The molecule has 0 unspecified atom stereocenters. The van der Waals surface area contributed by atoms with Gasteiger partial charge in [-0.25, -0.2) is 17.5 Å². The molecule has 8 heteroatoms. The molecule has 0 atom stereocenters. The molecule has 1 aromatic rings. The van der Waals surface area contributed by atoms with Crippen LogP contribution in [0.4, 0.5) is 4.39 Å². The topological polar surface area (TPSA) is 73.8 Å². The normalized spacial score (nSPS) is 12.3. The Morgan fingerprint density at radius 3 is 2.68 bits per heavy atom. The van der Waals surface area contributed by atoms with E-state index in [1.54, 1.807) is 13.1 Å². The van der Waals surface area contributed by atoms with Crippen molar-refractivity contribution < 1.29 is 12.8 Å². The van der Waals surface area contributed by atoms with E-state index in [1.807, 2.05) is 18.0 Å². The third-order valence-electron chi connectivity index (χ3n) is 2.88.